The van der Waals surface area contributed by atoms with E-state index in [0.717, 1.165) is 25.1 Å². The molecule has 5 nitrogen and oxygen atoms in total. The Labute approximate surface area is 143 Å². The molecule has 2 aliphatic heterocycles. The molecule has 0 aliphatic carbocycles. The fourth-order valence-electron chi connectivity index (χ4n) is 3.85. The molecule has 6 heteroatoms. The highest BCUT2D eigenvalue weighted by Crippen LogP contribution is 2.32. The van der Waals surface area contributed by atoms with Crippen molar-refractivity contribution in [1.82, 2.24) is 9.78 Å². The molecule has 1 fully saturated rings. The number of hydrogen-bond acceptors (Lipinski definition) is 4. The van der Waals surface area contributed by atoms with Crippen LogP contribution in [-0.2, 0) is 28.3 Å². The third-order valence-corrected chi connectivity index (χ3v) is 7.17. The van der Waals surface area contributed by atoms with Gasteiger partial charge in [0.25, 0.3) is 0 Å². The van der Waals surface area contributed by atoms with Gasteiger partial charge in [-0.3, -0.25) is 4.68 Å². The molecule has 0 spiro atoms. The normalized spacial score (nSPS) is 25.2. The Hall–Kier alpha value is -1.82. The number of anilines is 1. The zero-order valence-corrected chi connectivity index (χ0v) is 15.0. The van der Waals surface area contributed by atoms with Crippen LogP contribution in [-0.4, -0.2) is 36.2 Å². The van der Waals surface area contributed by atoms with E-state index in [1.807, 2.05) is 24.0 Å². The molecule has 1 atom stereocenters. The van der Waals surface area contributed by atoms with Gasteiger partial charge < -0.3 is 4.90 Å². The topological polar surface area (TPSA) is 55.2 Å². The van der Waals surface area contributed by atoms with Gasteiger partial charge >= 0.3 is 0 Å². The molecule has 24 heavy (non-hydrogen) atoms. The number of sulfone groups is 1. The standard InChI is InChI=1S/C18H23N3O2S/c1-14-3-4-16-5-7-20(17(16)9-14)11-15-10-19-21(12-15)18(2)6-8-24(22,23)13-18/h3-4,9-10,12H,5-8,11,13H2,1-2H3. The maximum Gasteiger partial charge on any atom is 0.152 e. The van der Waals surface area contributed by atoms with Crippen molar-refractivity contribution < 1.29 is 8.42 Å². The van der Waals surface area contributed by atoms with Crippen LogP contribution in [0.15, 0.2) is 30.6 Å². The fraction of sp³-hybridized carbons (Fsp3) is 0.500. The second kappa shape index (κ2) is 5.34. The van der Waals surface area contributed by atoms with Crippen molar-refractivity contribution >= 4 is 15.5 Å². The Morgan fingerprint density at radius 1 is 1.33 bits per heavy atom. The first-order valence-electron chi connectivity index (χ1n) is 8.44. The fourth-order valence-corrected chi connectivity index (χ4v) is 5.97. The molecule has 1 saturated heterocycles. The van der Waals surface area contributed by atoms with E-state index >= 15 is 0 Å². The van der Waals surface area contributed by atoms with Gasteiger partial charge in [0.1, 0.15) is 0 Å². The van der Waals surface area contributed by atoms with Gasteiger partial charge in [0, 0.05) is 30.5 Å². The number of benzene rings is 1. The zero-order valence-electron chi connectivity index (χ0n) is 14.2. The number of rotatable bonds is 3. The maximum atomic E-state index is 11.8. The molecule has 1 aromatic carbocycles. The largest absolute Gasteiger partial charge is 0.367 e. The van der Waals surface area contributed by atoms with E-state index < -0.39 is 15.4 Å². The van der Waals surface area contributed by atoms with Crippen LogP contribution < -0.4 is 4.90 Å². The lowest BCUT2D eigenvalue weighted by molar-refractivity contribution is 0.328. The minimum absolute atomic E-state index is 0.187. The van der Waals surface area contributed by atoms with Crippen LogP contribution in [0.3, 0.4) is 0 Å². The number of aromatic nitrogens is 2. The van der Waals surface area contributed by atoms with E-state index in [1.54, 1.807) is 0 Å². The first kappa shape index (κ1) is 15.7. The highest BCUT2D eigenvalue weighted by molar-refractivity contribution is 7.91. The molecule has 0 bridgehead atoms. The minimum Gasteiger partial charge on any atom is -0.367 e. The molecule has 0 radical (unpaired) electrons. The molecular weight excluding hydrogens is 322 g/mol. The molecule has 0 saturated carbocycles. The third-order valence-electron chi connectivity index (χ3n) is 5.28. The van der Waals surface area contributed by atoms with Gasteiger partial charge in [0.2, 0.25) is 0 Å². The summed E-state index contributed by atoms with van der Waals surface area (Å²) < 4.78 is 25.5. The van der Waals surface area contributed by atoms with Crippen molar-refractivity contribution in [3.05, 3.63) is 47.3 Å². The van der Waals surface area contributed by atoms with Gasteiger partial charge in [0.15, 0.2) is 9.84 Å². The number of hydrogen-bond donors (Lipinski definition) is 0. The SMILES string of the molecule is Cc1ccc2c(c1)N(Cc1cnn(C3(C)CCS(=O)(=O)C3)c1)CC2. The summed E-state index contributed by atoms with van der Waals surface area (Å²) in [6.07, 6.45) is 5.63. The van der Waals surface area contributed by atoms with Gasteiger partial charge in [-0.1, -0.05) is 12.1 Å². The summed E-state index contributed by atoms with van der Waals surface area (Å²) in [5.74, 6) is 0.449. The summed E-state index contributed by atoms with van der Waals surface area (Å²) in [5, 5.41) is 4.48. The smallest absolute Gasteiger partial charge is 0.152 e. The van der Waals surface area contributed by atoms with Crippen LogP contribution in [0.25, 0.3) is 0 Å². The molecule has 1 unspecified atom stereocenters. The molecular formula is C18H23N3O2S. The van der Waals surface area contributed by atoms with Crippen LogP contribution in [0, 0.1) is 6.92 Å². The van der Waals surface area contributed by atoms with Gasteiger partial charge in [-0.2, -0.15) is 5.10 Å². The molecule has 0 N–H and O–H groups in total. The second-order valence-electron chi connectivity index (χ2n) is 7.44. The summed E-state index contributed by atoms with van der Waals surface area (Å²) in [6.45, 7) is 5.95. The second-order valence-corrected chi connectivity index (χ2v) is 9.62. The highest BCUT2D eigenvalue weighted by atomic mass is 32.2. The van der Waals surface area contributed by atoms with Gasteiger partial charge in [-0.15, -0.1) is 0 Å². The average Bonchev–Trinajstić information content (AvgIpc) is 3.19. The molecule has 4 rings (SSSR count). The summed E-state index contributed by atoms with van der Waals surface area (Å²) in [7, 11) is -2.93. The lowest BCUT2D eigenvalue weighted by Crippen LogP contribution is -2.31. The van der Waals surface area contributed by atoms with Crippen molar-refractivity contribution in [2.45, 2.75) is 38.8 Å². The number of aryl methyl sites for hydroxylation is 1. The van der Waals surface area contributed by atoms with E-state index in [9.17, 15) is 8.42 Å². The Balaban J connectivity index is 1.54. The summed E-state index contributed by atoms with van der Waals surface area (Å²) in [6, 6.07) is 6.64. The molecule has 2 aliphatic rings. The van der Waals surface area contributed by atoms with Crippen LogP contribution in [0.1, 0.15) is 30.0 Å². The van der Waals surface area contributed by atoms with Crippen molar-refractivity contribution in [3.8, 4) is 0 Å². The van der Waals surface area contributed by atoms with Crippen molar-refractivity contribution in [2.75, 3.05) is 23.0 Å². The highest BCUT2D eigenvalue weighted by Gasteiger charge is 2.40. The van der Waals surface area contributed by atoms with Gasteiger partial charge in [0.05, 0.1) is 23.2 Å². The molecule has 128 valence electrons. The first-order valence-corrected chi connectivity index (χ1v) is 10.3. The Kier molecular flexibility index (Phi) is 3.49. The molecule has 3 heterocycles. The van der Waals surface area contributed by atoms with Crippen molar-refractivity contribution in [3.63, 3.8) is 0 Å². The third kappa shape index (κ3) is 2.73. The lowest BCUT2D eigenvalue weighted by Gasteiger charge is -2.23. The Morgan fingerprint density at radius 3 is 2.92 bits per heavy atom. The van der Waals surface area contributed by atoms with Gasteiger partial charge in [-0.05, 0) is 43.9 Å². The molecule has 0 amide bonds. The summed E-state index contributed by atoms with van der Waals surface area (Å²) >= 11 is 0. The van der Waals surface area contributed by atoms with Crippen molar-refractivity contribution in [1.29, 1.82) is 0 Å². The van der Waals surface area contributed by atoms with Crippen molar-refractivity contribution in [2.24, 2.45) is 0 Å². The van der Waals surface area contributed by atoms with Crippen LogP contribution >= 0.6 is 0 Å². The van der Waals surface area contributed by atoms with Crippen LogP contribution in [0.4, 0.5) is 5.69 Å². The van der Waals surface area contributed by atoms with Gasteiger partial charge in [-0.25, -0.2) is 8.42 Å². The monoisotopic (exact) mass is 345 g/mol. The molecule has 1 aromatic heterocycles. The molecule has 2 aromatic rings. The predicted molar refractivity (Wildman–Crippen MR) is 95.1 cm³/mol. The van der Waals surface area contributed by atoms with Crippen LogP contribution in [0.2, 0.25) is 0 Å². The van der Waals surface area contributed by atoms with E-state index in [4.69, 9.17) is 0 Å². The quantitative estimate of drug-likeness (QED) is 0.856. The van der Waals surface area contributed by atoms with E-state index in [-0.39, 0.29) is 11.5 Å². The lowest BCUT2D eigenvalue weighted by atomic mass is 10.0. The summed E-state index contributed by atoms with van der Waals surface area (Å²) in [4.78, 5) is 2.39. The maximum absolute atomic E-state index is 11.8. The van der Waals surface area contributed by atoms with Crippen LogP contribution in [0.5, 0.6) is 0 Å². The summed E-state index contributed by atoms with van der Waals surface area (Å²) in [5.41, 5.74) is 4.73. The minimum atomic E-state index is -2.93. The average molecular weight is 345 g/mol. The number of nitrogens with zero attached hydrogens (tertiary/aromatic N) is 3. The Morgan fingerprint density at radius 2 is 2.17 bits per heavy atom. The van der Waals surface area contributed by atoms with E-state index in [2.05, 4.69) is 35.1 Å². The van der Waals surface area contributed by atoms with E-state index in [0.29, 0.717) is 6.42 Å². The predicted octanol–water partition coefficient (Wildman–Crippen LogP) is 2.29. The van der Waals surface area contributed by atoms with E-state index in [1.165, 1.54) is 16.8 Å². The Bertz CT molecular complexity index is 887. The zero-order chi connectivity index (χ0) is 16.9. The number of fused-ring (bicyclic) bond motifs is 1. The first-order chi connectivity index (χ1) is 11.3.